The van der Waals surface area contributed by atoms with Gasteiger partial charge in [0.15, 0.2) is 0 Å². The van der Waals surface area contributed by atoms with Crippen LogP contribution in [0.5, 0.6) is 0 Å². The van der Waals surface area contributed by atoms with Crippen LogP contribution in [-0.4, -0.2) is 29.6 Å². The van der Waals surface area contributed by atoms with Crippen molar-refractivity contribution in [2.24, 2.45) is 0 Å². The lowest BCUT2D eigenvalue weighted by Crippen LogP contribution is -2.19. The van der Waals surface area contributed by atoms with Crippen molar-refractivity contribution in [3.63, 3.8) is 0 Å². The molecular weight excluding hydrogens is 204 g/mol. The number of carbonyl (C=O) groups excluding carboxylic acids is 1. The lowest BCUT2D eigenvalue weighted by molar-refractivity contribution is 0.0706. The third-order valence-electron chi connectivity index (χ3n) is 3.00. The Balaban J connectivity index is 2.31. The van der Waals surface area contributed by atoms with Crippen molar-refractivity contribution in [3.05, 3.63) is 34.9 Å². The van der Waals surface area contributed by atoms with Gasteiger partial charge in [0, 0.05) is 12.1 Å². The fourth-order valence-corrected chi connectivity index (χ4v) is 2.13. The predicted octanol–water partition coefficient (Wildman–Crippen LogP) is 1.18. The van der Waals surface area contributed by atoms with E-state index in [0.29, 0.717) is 5.56 Å². The first-order chi connectivity index (χ1) is 7.70. The minimum absolute atomic E-state index is 0.444. The fourth-order valence-electron chi connectivity index (χ4n) is 2.13. The van der Waals surface area contributed by atoms with Crippen LogP contribution < -0.4 is 5.48 Å². The van der Waals surface area contributed by atoms with Gasteiger partial charge in [0.1, 0.15) is 0 Å². The molecule has 4 heteroatoms. The van der Waals surface area contributed by atoms with Gasteiger partial charge in [-0.1, -0.05) is 6.07 Å². The highest BCUT2D eigenvalue weighted by atomic mass is 16.5. The zero-order valence-electron chi connectivity index (χ0n) is 9.36. The standard InChI is InChI=1S/C12H16N2O2/c1-14-6-2-3-9-7-10(12(15)13-16)4-5-11(9)8-14/h4-5,7,16H,2-3,6,8H2,1H3,(H,13,15). The Hall–Kier alpha value is -1.39. The molecule has 86 valence electrons. The third-order valence-corrected chi connectivity index (χ3v) is 3.00. The molecule has 0 atom stereocenters. The Morgan fingerprint density at radius 1 is 1.44 bits per heavy atom. The van der Waals surface area contributed by atoms with Crippen LogP contribution in [0.25, 0.3) is 0 Å². The summed E-state index contributed by atoms with van der Waals surface area (Å²) in [7, 11) is 2.10. The largest absolute Gasteiger partial charge is 0.302 e. The van der Waals surface area contributed by atoms with Crippen LogP contribution in [0.2, 0.25) is 0 Å². The summed E-state index contributed by atoms with van der Waals surface area (Å²) in [5, 5.41) is 8.58. The van der Waals surface area contributed by atoms with Gasteiger partial charge in [0.25, 0.3) is 5.91 Å². The van der Waals surface area contributed by atoms with Crippen LogP contribution >= 0.6 is 0 Å². The van der Waals surface area contributed by atoms with Crippen LogP contribution in [0.15, 0.2) is 18.2 Å². The number of benzene rings is 1. The number of nitrogens with one attached hydrogen (secondary N) is 1. The molecule has 0 aliphatic carbocycles. The van der Waals surface area contributed by atoms with Crippen LogP contribution in [0.3, 0.4) is 0 Å². The van der Waals surface area contributed by atoms with E-state index in [1.54, 1.807) is 11.5 Å². The normalized spacial score (nSPS) is 16.4. The summed E-state index contributed by atoms with van der Waals surface area (Å²) in [6.45, 7) is 2.01. The number of hydrogen-bond acceptors (Lipinski definition) is 3. The number of aryl methyl sites for hydroxylation is 1. The minimum Gasteiger partial charge on any atom is -0.302 e. The van der Waals surface area contributed by atoms with E-state index in [2.05, 4.69) is 11.9 Å². The second-order valence-electron chi connectivity index (χ2n) is 4.27. The van der Waals surface area contributed by atoms with Crippen LogP contribution in [0, 0.1) is 0 Å². The van der Waals surface area contributed by atoms with Crippen LogP contribution in [0.4, 0.5) is 0 Å². The lowest BCUT2D eigenvalue weighted by atomic mass is 10.0. The van der Waals surface area contributed by atoms with E-state index in [-0.39, 0.29) is 0 Å². The van der Waals surface area contributed by atoms with Crippen molar-refractivity contribution in [2.75, 3.05) is 13.6 Å². The van der Waals surface area contributed by atoms with Gasteiger partial charge in [-0.25, -0.2) is 5.48 Å². The smallest absolute Gasteiger partial charge is 0.274 e. The molecule has 1 aliphatic heterocycles. The van der Waals surface area contributed by atoms with Gasteiger partial charge in [-0.3, -0.25) is 10.0 Å². The maximum absolute atomic E-state index is 11.3. The number of rotatable bonds is 1. The van der Waals surface area contributed by atoms with Crippen molar-refractivity contribution in [1.82, 2.24) is 10.4 Å². The molecule has 0 saturated heterocycles. The molecule has 1 aromatic carbocycles. The second kappa shape index (κ2) is 4.63. The molecule has 2 rings (SSSR count). The molecule has 0 unspecified atom stereocenters. The monoisotopic (exact) mass is 220 g/mol. The zero-order valence-corrected chi connectivity index (χ0v) is 9.36. The number of hydroxylamine groups is 1. The summed E-state index contributed by atoms with van der Waals surface area (Å²) in [6, 6.07) is 5.60. The highest BCUT2D eigenvalue weighted by molar-refractivity contribution is 5.93. The van der Waals surface area contributed by atoms with Gasteiger partial charge in [-0.05, 0) is 49.7 Å². The Morgan fingerprint density at radius 3 is 3.00 bits per heavy atom. The number of hydrogen-bond donors (Lipinski definition) is 2. The molecule has 1 heterocycles. The van der Waals surface area contributed by atoms with Crippen molar-refractivity contribution < 1.29 is 10.0 Å². The molecule has 0 saturated carbocycles. The van der Waals surface area contributed by atoms with E-state index in [4.69, 9.17) is 5.21 Å². The molecule has 0 bridgehead atoms. The van der Waals surface area contributed by atoms with Crippen molar-refractivity contribution in [3.8, 4) is 0 Å². The fraction of sp³-hybridized carbons (Fsp3) is 0.417. The van der Waals surface area contributed by atoms with Gasteiger partial charge in [0.2, 0.25) is 0 Å². The summed E-state index contributed by atoms with van der Waals surface area (Å²) in [6.07, 6.45) is 2.10. The molecule has 1 aromatic rings. The Labute approximate surface area is 94.8 Å². The summed E-state index contributed by atoms with van der Waals surface area (Å²) in [5.41, 5.74) is 4.67. The molecule has 16 heavy (non-hydrogen) atoms. The zero-order chi connectivity index (χ0) is 11.5. The molecular formula is C12H16N2O2. The summed E-state index contributed by atoms with van der Waals surface area (Å²) >= 11 is 0. The summed E-state index contributed by atoms with van der Waals surface area (Å²) in [5.74, 6) is -0.444. The number of carbonyl (C=O) groups is 1. The summed E-state index contributed by atoms with van der Waals surface area (Å²) < 4.78 is 0. The van der Waals surface area contributed by atoms with Crippen molar-refractivity contribution in [2.45, 2.75) is 19.4 Å². The first-order valence-corrected chi connectivity index (χ1v) is 5.45. The highest BCUT2D eigenvalue weighted by Gasteiger charge is 2.13. The van der Waals surface area contributed by atoms with Crippen LogP contribution in [0.1, 0.15) is 27.9 Å². The third kappa shape index (κ3) is 2.23. The molecule has 1 amide bonds. The molecule has 1 aliphatic rings. The molecule has 0 radical (unpaired) electrons. The molecule has 0 spiro atoms. The first-order valence-electron chi connectivity index (χ1n) is 5.45. The Kier molecular flexibility index (Phi) is 3.22. The minimum atomic E-state index is -0.444. The summed E-state index contributed by atoms with van der Waals surface area (Å²) in [4.78, 5) is 13.6. The van der Waals surface area contributed by atoms with Gasteiger partial charge in [-0.2, -0.15) is 0 Å². The van der Waals surface area contributed by atoms with E-state index < -0.39 is 5.91 Å². The van der Waals surface area contributed by atoms with Crippen molar-refractivity contribution in [1.29, 1.82) is 0 Å². The van der Waals surface area contributed by atoms with E-state index in [0.717, 1.165) is 25.9 Å². The van der Waals surface area contributed by atoms with Gasteiger partial charge >= 0.3 is 0 Å². The van der Waals surface area contributed by atoms with E-state index in [1.165, 1.54) is 11.1 Å². The van der Waals surface area contributed by atoms with Crippen molar-refractivity contribution >= 4 is 5.91 Å². The van der Waals surface area contributed by atoms with Gasteiger partial charge in [-0.15, -0.1) is 0 Å². The number of amides is 1. The number of nitrogens with zero attached hydrogens (tertiary/aromatic N) is 1. The second-order valence-corrected chi connectivity index (χ2v) is 4.27. The quantitative estimate of drug-likeness (QED) is 0.552. The van der Waals surface area contributed by atoms with Gasteiger partial charge in [0.05, 0.1) is 0 Å². The predicted molar refractivity (Wildman–Crippen MR) is 60.3 cm³/mol. The lowest BCUT2D eigenvalue weighted by Gasteiger charge is -2.13. The Bertz CT molecular complexity index is 404. The number of fused-ring (bicyclic) bond motifs is 1. The average Bonchev–Trinajstić information content (AvgIpc) is 2.47. The molecule has 0 fully saturated rings. The molecule has 4 nitrogen and oxygen atoms in total. The highest BCUT2D eigenvalue weighted by Crippen LogP contribution is 2.19. The SMILES string of the molecule is CN1CCCc2cc(C(=O)NO)ccc2C1. The average molecular weight is 220 g/mol. The molecule has 0 aromatic heterocycles. The van der Waals surface area contributed by atoms with E-state index in [1.807, 2.05) is 12.1 Å². The first kappa shape index (κ1) is 11.1. The molecule has 2 N–H and O–H groups in total. The van der Waals surface area contributed by atoms with E-state index >= 15 is 0 Å². The van der Waals surface area contributed by atoms with Crippen LogP contribution in [-0.2, 0) is 13.0 Å². The maximum atomic E-state index is 11.3. The Morgan fingerprint density at radius 2 is 2.25 bits per heavy atom. The maximum Gasteiger partial charge on any atom is 0.274 e. The van der Waals surface area contributed by atoms with Gasteiger partial charge < -0.3 is 4.90 Å². The topological polar surface area (TPSA) is 52.6 Å². The van der Waals surface area contributed by atoms with E-state index in [9.17, 15) is 4.79 Å².